The highest BCUT2D eigenvalue weighted by Gasteiger charge is 2.10. The van der Waals surface area contributed by atoms with Gasteiger partial charge < -0.3 is 14.8 Å². The minimum absolute atomic E-state index is 0.0225. The molecule has 1 atom stereocenters. The summed E-state index contributed by atoms with van der Waals surface area (Å²) >= 11 is 0. The largest absolute Gasteiger partial charge is 0.475 e. The van der Waals surface area contributed by atoms with Crippen molar-refractivity contribution in [1.82, 2.24) is 0 Å². The zero-order valence-corrected chi connectivity index (χ0v) is 10.5. The van der Waals surface area contributed by atoms with E-state index in [4.69, 9.17) is 9.52 Å². The molecule has 0 aliphatic heterocycles. The fourth-order valence-corrected chi connectivity index (χ4v) is 1.72. The van der Waals surface area contributed by atoms with Gasteiger partial charge >= 0.3 is 5.97 Å². The Kier molecular flexibility index (Phi) is 5.60. The maximum atomic E-state index is 10.6. The van der Waals surface area contributed by atoms with Crippen molar-refractivity contribution < 1.29 is 14.3 Å². The summed E-state index contributed by atoms with van der Waals surface area (Å²) in [6, 6.07) is 3.43. The number of unbranched alkanes of at least 4 members (excludes halogenated alkanes) is 3. The summed E-state index contributed by atoms with van der Waals surface area (Å²) < 4.78 is 5.13. The van der Waals surface area contributed by atoms with Crippen molar-refractivity contribution in [2.45, 2.75) is 52.0 Å². The zero-order chi connectivity index (χ0) is 12.7. The molecule has 0 aliphatic carbocycles. The van der Waals surface area contributed by atoms with Gasteiger partial charge in [0.15, 0.2) is 5.88 Å². The highest BCUT2D eigenvalue weighted by Crippen LogP contribution is 2.16. The van der Waals surface area contributed by atoms with E-state index < -0.39 is 5.97 Å². The van der Waals surface area contributed by atoms with Crippen LogP contribution in [0.5, 0.6) is 0 Å². The number of anilines is 1. The number of carboxylic acids is 1. The number of furan rings is 1. The number of rotatable bonds is 8. The first kappa shape index (κ1) is 13.6. The summed E-state index contributed by atoms with van der Waals surface area (Å²) in [6.07, 6.45) is 6.03. The molecule has 1 heterocycles. The van der Waals surface area contributed by atoms with Crippen LogP contribution in [0.25, 0.3) is 0 Å². The lowest BCUT2D eigenvalue weighted by Gasteiger charge is -2.12. The molecule has 0 spiro atoms. The smallest absolute Gasteiger partial charge is 0.371 e. The number of aromatic carboxylic acids is 1. The number of hydrogen-bond acceptors (Lipinski definition) is 3. The van der Waals surface area contributed by atoms with Crippen molar-refractivity contribution in [2.24, 2.45) is 0 Å². The summed E-state index contributed by atoms with van der Waals surface area (Å²) in [5, 5.41) is 11.9. The Balaban J connectivity index is 2.29. The van der Waals surface area contributed by atoms with E-state index >= 15 is 0 Å². The van der Waals surface area contributed by atoms with Gasteiger partial charge in [-0.25, -0.2) is 4.79 Å². The van der Waals surface area contributed by atoms with Gasteiger partial charge in [-0.1, -0.05) is 32.6 Å². The van der Waals surface area contributed by atoms with E-state index in [0.717, 1.165) is 6.42 Å². The van der Waals surface area contributed by atoms with Crippen molar-refractivity contribution in [3.05, 3.63) is 17.9 Å². The number of hydrogen-bond donors (Lipinski definition) is 2. The van der Waals surface area contributed by atoms with E-state index in [1.54, 1.807) is 6.07 Å². The SMILES string of the molecule is CCCCCCC(C)Nc1ccc(C(=O)O)o1. The quantitative estimate of drug-likeness (QED) is 0.678. The Labute approximate surface area is 102 Å². The average molecular weight is 239 g/mol. The zero-order valence-electron chi connectivity index (χ0n) is 10.5. The highest BCUT2D eigenvalue weighted by atomic mass is 16.4. The van der Waals surface area contributed by atoms with Crippen molar-refractivity contribution in [2.75, 3.05) is 5.32 Å². The summed E-state index contributed by atoms with van der Waals surface area (Å²) in [5.74, 6) is -0.523. The predicted molar refractivity (Wildman–Crippen MR) is 67.5 cm³/mol. The second-order valence-electron chi connectivity index (χ2n) is 4.36. The van der Waals surface area contributed by atoms with Crippen LogP contribution in [0.1, 0.15) is 56.5 Å². The molecule has 0 amide bonds. The van der Waals surface area contributed by atoms with Crippen LogP contribution in [-0.4, -0.2) is 17.1 Å². The Morgan fingerprint density at radius 2 is 2.18 bits per heavy atom. The predicted octanol–water partition coefficient (Wildman–Crippen LogP) is 3.75. The molecule has 0 radical (unpaired) electrons. The maximum absolute atomic E-state index is 10.6. The monoisotopic (exact) mass is 239 g/mol. The van der Waals surface area contributed by atoms with Crippen molar-refractivity contribution >= 4 is 11.9 Å². The van der Waals surface area contributed by atoms with E-state index in [9.17, 15) is 4.79 Å². The normalized spacial score (nSPS) is 12.4. The molecule has 0 saturated heterocycles. The summed E-state index contributed by atoms with van der Waals surface area (Å²) in [6.45, 7) is 4.27. The van der Waals surface area contributed by atoms with E-state index in [-0.39, 0.29) is 5.76 Å². The molecule has 0 saturated carbocycles. The van der Waals surface area contributed by atoms with Crippen LogP contribution in [0.4, 0.5) is 5.88 Å². The molecule has 0 fully saturated rings. The second-order valence-corrected chi connectivity index (χ2v) is 4.36. The van der Waals surface area contributed by atoms with Crippen molar-refractivity contribution in [3.63, 3.8) is 0 Å². The van der Waals surface area contributed by atoms with E-state index in [0.29, 0.717) is 11.9 Å². The lowest BCUT2D eigenvalue weighted by molar-refractivity contribution is 0.0663. The minimum Gasteiger partial charge on any atom is -0.475 e. The Bertz CT molecular complexity index is 346. The number of carbonyl (C=O) groups is 1. The van der Waals surface area contributed by atoms with Gasteiger partial charge in [0.2, 0.25) is 5.76 Å². The second kappa shape index (κ2) is 6.99. The first-order valence-corrected chi connectivity index (χ1v) is 6.23. The summed E-state index contributed by atoms with van der Waals surface area (Å²) in [4.78, 5) is 10.6. The molecule has 1 unspecified atom stereocenters. The molecule has 4 nitrogen and oxygen atoms in total. The lowest BCUT2D eigenvalue weighted by atomic mass is 10.1. The molecule has 17 heavy (non-hydrogen) atoms. The first-order valence-electron chi connectivity index (χ1n) is 6.23. The Hall–Kier alpha value is -1.45. The van der Waals surface area contributed by atoms with Crippen LogP contribution >= 0.6 is 0 Å². The van der Waals surface area contributed by atoms with E-state index in [2.05, 4.69) is 19.2 Å². The van der Waals surface area contributed by atoms with Gasteiger partial charge in [-0.2, -0.15) is 0 Å². The fourth-order valence-electron chi connectivity index (χ4n) is 1.72. The molecule has 1 aromatic rings. The van der Waals surface area contributed by atoms with Crippen LogP contribution in [0.15, 0.2) is 16.5 Å². The van der Waals surface area contributed by atoms with Gasteiger partial charge in [-0.15, -0.1) is 0 Å². The maximum Gasteiger partial charge on any atom is 0.371 e. The van der Waals surface area contributed by atoms with Gasteiger partial charge in [0, 0.05) is 12.1 Å². The molecule has 0 bridgehead atoms. The topological polar surface area (TPSA) is 62.5 Å². The van der Waals surface area contributed by atoms with Crippen molar-refractivity contribution in [1.29, 1.82) is 0 Å². The molecular formula is C13H21NO3. The molecular weight excluding hydrogens is 218 g/mol. The van der Waals surface area contributed by atoms with Gasteiger partial charge in [0.25, 0.3) is 0 Å². The molecule has 0 aromatic carbocycles. The Morgan fingerprint density at radius 3 is 2.76 bits per heavy atom. The molecule has 1 aromatic heterocycles. The standard InChI is InChI=1S/C13H21NO3/c1-3-4-5-6-7-10(2)14-12-9-8-11(17-12)13(15)16/h8-10,14H,3-7H2,1-2H3,(H,15,16). The first-order chi connectivity index (χ1) is 8.13. The van der Waals surface area contributed by atoms with Crippen LogP contribution in [0.3, 0.4) is 0 Å². The van der Waals surface area contributed by atoms with Crippen molar-refractivity contribution in [3.8, 4) is 0 Å². The number of nitrogens with one attached hydrogen (secondary N) is 1. The third kappa shape index (κ3) is 4.93. The summed E-state index contributed by atoms with van der Waals surface area (Å²) in [5.41, 5.74) is 0. The van der Waals surface area contributed by atoms with E-state index in [1.165, 1.54) is 31.7 Å². The average Bonchev–Trinajstić information content (AvgIpc) is 2.73. The minimum atomic E-state index is -1.03. The third-order valence-electron chi connectivity index (χ3n) is 2.70. The lowest BCUT2D eigenvalue weighted by Crippen LogP contribution is -2.14. The Morgan fingerprint density at radius 1 is 1.41 bits per heavy atom. The molecule has 4 heteroatoms. The summed E-state index contributed by atoms with van der Waals surface area (Å²) in [7, 11) is 0. The molecule has 1 rings (SSSR count). The molecule has 2 N–H and O–H groups in total. The van der Waals surface area contributed by atoms with Crippen LogP contribution in [-0.2, 0) is 0 Å². The van der Waals surface area contributed by atoms with Crippen LogP contribution < -0.4 is 5.32 Å². The highest BCUT2D eigenvalue weighted by molar-refractivity contribution is 5.84. The molecule has 0 aliphatic rings. The van der Waals surface area contributed by atoms with Crippen LogP contribution in [0.2, 0.25) is 0 Å². The van der Waals surface area contributed by atoms with Gasteiger partial charge in [-0.3, -0.25) is 0 Å². The van der Waals surface area contributed by atoms with Gasteiger partial charge in [-0.05, 0) is 19.4 Å². The van der Waals surface area contributed by atoms with Gasteiger partial charge in [0.1, 0.15) is 0 Å². The molecule has 96 valence electrons. The third-order valence-corrected chi connectivity index (χ3v) is 2.70. The van der Waals surface area contributed by atoms with Crippen LogP contribution in [0, 0.1) is 0 Å². The fraction of sp³-hybridized carbons (Fsp3) is 0.615. The number of carboxylic acid groups (broad SMARTS) is 1. The van der Waals surface area contributed by atoms with E-state index in [1.807, 2.05) is 0 Å². The van der Waals surface area contributed by atoms with Gasteiger partial charge in [0.05, 0.1) is 0 Å².